The number of likely N-dealkylation sites (tertiary alicyclic amines) is 1. The van der Waals surface area contributed by atoms with Crippen molar-refractivity contribution in [1.82, 2.24) is 4.90 Å². The van der Waals surface area contributed by atoms with Crippen molar-refractivity contribution in [3.05, 3.63) is 34.9 Å². The first kappa shape index (κ1) is 15.3. The van der Waals surface area contributed by atoms with Crippen LogP contribution >= 0.6 is 11.6 Å². The Hall–Kier alpha value is -2.08. The number of halogens is 1. The molecule has 0 spiro atoms. The molecule has 112 valence electrons. The monoisotopic (exact) mass is 310 g/mol. The van der Waals surface area contributed by atoms with Crippen LogP contribution in [0.3, 0.4) is 0 Å². The molecular formula is C14H15ClN2O4. The van der Waals surface area contributed by atoms with Gasteiger partial charge in [-0.05, 0) is 11.6 Å². The van der Waals surface area contributed by atoms with E-state index in [9.17, 15) is 14.4 Å². The lowest BCUT2D eigenvalue weighted by molar-refractivity contribution is -0.151. The maximum Gasteiger partial charge on any atom is 0.311 e. The fraction of sp³-hybridized carbons (Fsp3) is 0.357. The third kappa shape index (κ3) is 3.95. The number of esters is 1. The van der Waals surface area contributed by atoms with Crippen LogP contribution in [0.2, 0.25) is 5.02 Å². The summed E-state index contributed by atoms with van der Waals surface area (Å²) in [5.74, 6) is -2.01. The summed E-state index contributed by atoms with van der Waals surface area (Å²) in [6.07, 6.45) is 0.0715. The maximum atomic E-state index is 11.9. The van der Waals surface area contributed by atoms with Crippen molar-refractivity contribution in [1.29, 1.82) is 0 Å². The molecule has 0 aromatic heterocycles. The van der Waals surface area contributed by atoms with E-state index in [0.29, 0.717) is 11.6 Å². The van der Waals surface area contributed by atoms with E-state index >= 15 is 0 Å². The number of ether oxygens (including phenoxy) is 1. The predicted octanol–water partition coefficient (Wildman–Crippen LogP) is 0.717. The van der Waals surface area contributed by atoms with E-state index in [-0.39, 0.29) is 18.9 Å². The third-order valence-corrected chi connectivity index (χ3v) is 3.59. The molecule has 6 nitrogen and oxygen atoms in total. The van der Waals surface area contributed by atoms with Gasteiger partial charge in [0.2, 0.25) is 5.91 Å². The first-order valence-electron chi connectivity index (χ1n) is 6.43. The minimum absolute atomic E-state index is 0.0715. The summed E-state index contributed by atoms with van der Waals surface area (Å²) in [4.78, 5) is 35.8. The molecule has 21 heavy (non-hydrogen) atoms. The van der Waals surface area contributed by atoms with Crippen molar-refractivity contribution in [3.63, 3.8) is 0 Å². The van der Waals surface area contributed by atoms with Crippen LogP contribution in [-0.4, -0.2) is 35.8 Å². The quantitative estimate of drug-likeness (QED) is 0.811. The molecule has 1 fully saturated rings. The van der Waals surface area contributed by atoms with E-state index < -0.39 is 24.4 Å². The second kappa shape index (κ2) is 6.58. The van der Waals surface area contributed by atoms with Gasteiger partial charge in [0.15, 0.2) is 6.61 Å². The zero-order valence-corrected chi connectivity index (χ0v) is 12.0. The molecule has 1 aromatic carbocycles. The second-order valence-electron chi connectivity index (χ2n) is 4.84. The third-order valence-electron chi connectivity index (χ3n) is 3.22. The van der Waals surface area contributed by atoms with Gasteiger partial charge in [-0.3, -0.25) is 14.4 Å². The molecule has 1 aliphatic heterocycles. The normalized spacial score (nSPS) is 17.9. The summed E-state index contributed by atoms with van der Waals surface area (Å²) < 4.78 is 4.74. The lowest BCUT2D eigenvalue weighted by atomic mass is 10.1. The minimum atomic E-state index is -0.722. The van der Waals surface area contributed by atoms with Gasteiger partial charge >= 0.3 is 5.97 Å². The Kier molecular flexibility index (Phi) is 4.80. The van der Waals surface area contributed by atoms with Crippen LogP contribution in [0.1, 0.15) is 12.0 Å². The molecule has 2 N–H and O–H groups in total. The Morgan fingerprint density at radius 1 is 1.38 bits per heavy atom. The number of carbonyl (C=O) groups excluding carboxylic acids is 3. The molecule has 1 saturated heterocycles. The molecule has 0 bridgehead atoms. The van der Waals surface area contributed by atoms with Crippen LogP contribution in [0.4, 0.5) is 0 Å². The van der Waals surface area contributed by atoms with E-state index in [1.807, 2.05) is 18.2 Å². The molecule has 1 aromatic rings. The summed E-state index contributed by atoms with van der Waals surface area (Å²) in [5, 5.41) is 0.574. The average Bonchev–Trinajstić information content (AvgIpc) is 2.80. The van der Waals surface area contributed by atoms with Crippen LogP contribution in [0.25, 0.3) is 0 Å². The van der Waals surface area contributed by atoms with Gasteiger partial charge in [-0.2, -0.15) is 0 Å². The number of nitrogens with two attached hydrogens (primary N) is 1. The lowest BCUT2D eigenvalue weighted by Gasteiger charge is -2.17. The average molecular weight is 311 g/mol. The molecule has 0 radical (unpaired) electrons. The van der Waals surface area contributed by atoms with Crippen molar-refractivity contribution in [2.75, 3.05) is 13.2 Å². The molecular weight excluding hydrogens is 296 g/mol. The number of amides is 2. The molecule has 2 rings (SSSR count). The minimum Gasteiger partial charge on any atom is -0.455 e. The summed E-state index contributed by atoms with van der Waals surface area (Å²) in [5.41, 5.74) is 5.72. The molecule has 0 saturated carbocycles. The largest absolute Gasteiger partial charge is 0.455 e. The van der Waals surface area contributed by atoms with Gasteiger partial charge in [-0.1, -0.05) is 29.8 Å². The number of primary amides is 1. The standard InChI is InChI=1S/C14H15ClN2O4/c15-11-4-2-1-3-9(11)6-17-7-10(5-13(17)19)14(20)21-8-12(16)18/h1-4,10H,5-8H2,(H2,16,18)/t10-/m0/s1. The van der Waals surface area contributed by atoms with Crippen LogP contribution in [0, 0.1) is 5.92 Å². The summed E-state index contributed by atoms with van der Waals surface area (Å²) in [7, 11) is 0. The van der Waals surface area contributed by atoms with Crippen LogP contribution in [0.5, 0.6) is 0 Å². The number of carbonyl (C=O) groups is 3. The molecule has 7 heteroatoms. The molecule has 2 amide bonds. The van der Waals surface area contributed by atoms with Gasteiger partial charge < -0.3 is 15.4 Å². The summed E-state index contributed by atoms with van der Waals surface area (Å²) in [6, 6.07) is 7.21. The molecule has 1 atom stereocenters. The highest BCUT2D eigenvalue weighted by Gasteiger charge is 2.35. The van der Waals surface area contributed by atoms with E-state index in [4.69, 9.17) is 22.1 Å². The van der Waals surface area contributed by atoms with Crippen molar-refractivity contribution in [3.8, 4) is 0 Å². The van der Waals surface area contributed by atoms with Gasteiger partial charge in [0.1, 0.15) is 0 Å². The summed E-state index contributed by atoms with van der Waals surface area (Å²) >= 11 is 6.05. The summed E-state index contributed by atoms with van der Waals surface area (Å²) in [6.45, 7) is 0.133. The Morgan fingerprint density at radius 3 is 2.76 bits per heavy atom. The Balaban J connectivity index is 1.95. The lowest BCUT2D eigenvalue weighted by Crippen LogP contribution is -2.28. The van der Waals surface area contributed by atoms with E-state index in [2.05, 4.69) is 0 Å². The number of hydrogen-bond acceptors (Lipinski definition) is 4. The Bertz CT molecular complexity index is 576. The van der Waals surface area contributed by atoms with E-state index in [0.717, 1.165) is 5.56 Å². The molecule has 0 aliphatic carbocycles. The van der Waals surface area contributed by atoms with Crippen LogP contribution in [0.15, 0.2) is 24.3 Å². The maximum absolute atomic E-state index is 11.9. The Labute approximate surface area is 126 Å². The molecule has 1 aliphatic rings. The van der Waals surface area contributed by atoms with Crippen LogP contribution < -0.4 is 5.73 Å². The van der Waals surface area contributed by atoms with Gasteiger partial charge in [-0.25, -0.2) is 0 Å². The zero-order valence-electron chi connectivity index (χ0n) is 11.3. The molecule has 1 heterocycles. The number of nitrogens with zero attached hydrogens (tertiary/aromatic N) is 1. The van der Waals surface area contributed by atoms with Crippen molar-refractivity contribution in [2.45, 2.75) is 13.0 Å². The van der Waals surface area contributed by atoms with Crippen molar-refractivity contribution < 1.29 is 19.1 Å². The van der Waals surface area contributed by atoms with E-state index in [1.165, 1.54) is 0 Å². The number of hydrogen-bond donors (Lipinski definition) is 1. The number of benzene rings is 1. The highest BCUT2D eigenvalue weighted by Crippen LogP contribution is 2.24. The fourth-order valence-electron chi connectivity index (χ4n) is 2.18. The highest BCUT2D eigenvalue weighted by molar-refractivity contribution is 6.31. The van der Waals surface area contributed by atoms with Crippen molar-refractivity contribution in [2.24, 2.45) is 11.7 Å². The first-order chi connectivity index (χ1) is 9.97. The van der Waals surface area contributed by atoms with Gasteiger partial charge in [0, 0.05) is 24.5 Å². The Morgan fingerprint density at radius 2 is 2.10 bits per heavy atom. The number of rotatable bonds is 5. The van der Waals surface area contributed by atoms with Crippen LogP contribution in [-0.2, 0) is 25.7 Å². The second-order valence-corrected chi connectivity index (χ2v) is 5.25. The predicted molar refractivity (Wildman–Crippen MR) is 75.1 cm³/mol. The zero-order chi connectivity index (χ0) is 15.4. The van der Waals surface area contributed by atoms with Gasteiger partial charge in [0.25, 0.3) is 5.91 Å². The smallest absolute Gasteiger partial charge is 0.311 e. The SMILES string of the molecule is NC(=O)COC(=O)[C@H]1CC(=O)N(Cc2ccccc2Cl)C1. The first-order valence-corrected chi connectivity index (χ1v) is 6.81. The van der Waals surface area contributed by atoms with Crippen molar-refractivity contribution >= 4 is 29.4 Å². The van der Waals surface area contributed by atoms with Gasteiger partial charge in [0.05, 0.1) is 5.92 Å². The topological polar surface area (TPSA) is 89.7 Å². The van der Waals surface area contributed by atoms with E-state index in [1.54, 1.807) is 11.0 Å². The highest BCUT2D eigenvalue weighted by atomic mass is 35.5. The van der Waals surface area contributed by atoms with Gasteiger partial charge in [-0.15, -0.1) is 0 Å². The molecule has 0 unspecified atom stereocenters. The fourth-order valence-corrected chi connectivity index (χ4v) is 2.37.